The summed E-state index contributed by atoms with van der Waals surface area (Å²) in [6, 6.07) is 14.2. The lowest BCUT2D eigenvalue weighted by Crippen LogP contribution is -2.12. The lowest BCUT2D eigenvalue weighted by molar-refractivity contribution is 0.100. The van der Waals surface area contributed by atoms with Crippen molar-refractivity contribution in [3.05, 3.63) is 82.0 Å². The Morgan fingerprint density at radius 3 is 2.52 bits per heavy atom. The van der Waals surface area contributed by atoms with E-state index in [1.165, 1.54) is 0 Å². The number of fused-ring (bicyclic) bond motifs is 2. The first kappa shape index (κ1) is 20.9. The van der Waals surface area contributed by atoms with Gasteiger partial charge in [0.15, 0.2) is 0 Å². The molecule has 160 valence electrons. The number of aromatic nitrogens is 4. The number of nitrogens with zero attached hydrogens (tertiary/aromatic N) is 5. The Morgan fingerprint density at radius 2 is 1.76 bits per heavy atom. The van der Waals surface area contributed by atoms with Gasteiger partial charge < -0.3 is 5.73 Å². The highest BCUT2D eigenvalue weighted by Crippen LogP contribution is 2.36. The summed E-state index contributed by atoms with van der Waals surface area (Å²) in [4.78, 5) is 25.4. The number of hydrogen-bond acceptors (Lipinski definition) is 5. The van der Waals surface area contributed by atoms with Gasteiger partial charge >= 0.3 is 0 Å². The molecule has 3 aromatic heterocycles. The molecule has 0 aliphatic rings. The Kier molecular flexibility index (Phi) is 4.97. The second-order valence-corrected chi connectivity index (χ2v) is 8.19. The number of nitriles is 1. The molecule has 2 aromatic carbocycles. The lowest BCUT2D eigenvalue weighted by atomic mass is 10.0. The Labute approximate surface area is 198 Å². The zero-order chi connectivity index (χ0) is 23.3. The van der Waals surface area contributed by atoms with Crippen molar-refractivity contribution in [3.8, 4) is 22.9 Å². The van der Waals surface area contributed by atoms with E-state index in [2.05, 4.69) is 15.0 Å². The summed E-state index contributed by atoms with van der Waals surface area (Å²) >= 11 is 12.9. The van der Waals surface area contributed by atoms with Gasteiger partial charge in [-0.25, -0.2) is 9.97 Å². The van der Waals surface area contributed by atoms with Gasteiger partial charge in [0.25, 0.3) is 5.91 Å². The van der Waals surface area contributed by atoms with Crippen LogP contribution in [0.5, 0.6) is 0 Å². The maximum atomic E-state index is 12.3. The van der Waals surface area contributed by atoms with Crippen molar-refractivity contribution < 1.29 is 4.79 Å². The van der Waals surface area contributed by atoms with Gasteiger partial charge in [0, 0.05) is 17.8 Å². The van der Waals surface area contributed by atoms with Crippen LogP contribution in [0.25, 0.3) is 38.8 Å². The van der Waals surface area contributed by atoms with Crippen LogP contribution in [0.4, 0.5) is 0 Å². The molecule has 3 heterocycles. The zero-order valence-corrected chi connectivity index (χ0v) is 18.7. The van der Waals surface area contributed by atoms with Crippen LogP contribution >= 0.6 is 23.2 Å². The number of carbonyl (C=O) groups excluding carboxylic acids is 1. The second kappa shape index (κ2) is 7.85. The van der Waals surface area contributed by atoms with Crippen LogP contribution in [0.2, 0.25) is 10.0 Å². The molecule has 7 nitrogen and oxygen atoms in total. The maximum Gasteiger partial charge on any atom is 0.250 e. The van der Waals surface area contributed by atoms with E-state index in [1.54, 1.807) is 42.7 Å². The monoisotopic (exact) mass is 472 g/mol. The number of hydrogen-bond donors (Lipinski definition) is 1. The van der Waals surface area contributed by atoms with E-state index in [1.807, 2.05) is 29.7 Å². The summed E-state index contributed by atoms with van der Waals surface area (Å²) in [5.41, 5.74) is 10.0. The molecule has 5 aromatic rings. The van der Waals surface area contributed by atoms with Crippen LogP contribution in [0.1, 0.15) is 21.9 Å². The first-order valence-corrected chi connectivity index (χ1v) is 10.6. The van der Waals surface area contributed by atoms with Crippen molar-refractivity contribution in [1.82, 2.24) is 19.5 Å². The fraction of sp³-hybridized carbons (Fsp3) is 0.0417. The number of pyridine rings is 2. The molecule has 9 heteroatoms. The number of amides is 1. The number of primary amides is 1. The van der Waals surface area contributed by atoms with Gasteiger partial charge in [0.2, 0.25) is 0 Å². The van der Waals surface area contributed by atoms with Crippen molar-refractivity contribution >= 4 is 51.0 Å². The Morgan fingerprint density at radius 1 is 1.00 bits per heavy atom. The van der Waals surface area contributed by atoms with E-state index < -0.39 is 5.91 Å². The third-order valence-electron chi connectivity index (χ3n) is 5.41. The number of carbonyl (C=O) groups is 1. The number of halogens is 2. The molecule has 0 radical (unpaired) electrons. The molecule has 0 atom stereocenters. The Hall–Kier alpha value is -3.99. The van der Waals surface area contributed by atoms with Gasteiger partial charge in [-0.15, -0.1) is 0 Å². The van der Waals surface area contributed by atoms with Crippen LogP contribution < -0.4 is 5.73 Å². The van der Waals surface area contributed by atoms with Gasteiger partial charge in [-0.2, -0.15) is 5.26 Å². The first-order chi connectivity index (χ1) is 15.9. The van der Waals surface area contributed by atoms with Crippen LogP contribution in [0.3, 0.4) is 0 Å². The molecule has 0 aliphatic carbocycles. The van der Waals surface area contributed by atoms with Crippen molar-refractivity contribution in [3.63, 3.8) is 0 Å². The summed E-state index contributed by atoms with van der Waals surface area (Å²) < 4.78 is 1.89. The lowest BCUT2D eigenvalue weighted by Gasteiger charge is -2.13. The molecule has 1 amide bonds. The number of nitrogens with two attached hydrogens (primary N) is 1. The summed E-state index contributed by atoms with van der Waals surface area (Å²) in [5.74, 6) is 0.0161. The fourth-order valence-corrected chi connectivity index (χ4v) is 4.44. The van der Waals surface area contributed by atoms with Crippen LogP contribution in [0, 0.1) is 18.3 Å². The summed E-state index contributed by atoms with van der Waals surface area (Å²) in [5, 5.41) is 10.9. The molecule has 0 aliphatic heterocycles. The van der Waals surface area contributed by atoms with Gasteiger partial charge in [-0.1, -0.05) is 23.2 Å². The number of aryl methyl sites for hydroxylation is 1. The summed E-state index contributed by atoms with van der Waals surface area (Å²) in [6.45, 7) is 1.83. The molecular formula is C24H14Cl2N6O. The van der Waals surface area contributed by atoms with Crippen molar-refractivity contribution in [2.45, 2.75) is 6.92 Å². The van der Waals surface area contributed by atoms with Crippen LogP contribution in [-0.2, 0) is 0 Å². The van der Waals surface area contributed by atoms with Gasteiger partial charge in [-0.3, -0.25) is 14.3 Å². The quantitative estimate of drug-likeness (QED) is 0.386. The number of benzene rings is 2. The molecule has 2 N–H and O–H groups in total. The molecule has 0 saturated heterocycles. The van der Waals surface area contributed by atoms with Gasteiger partial charge in [0.1, 0.15) is 23.1 Å². The van der Waals surface area contributed by atoms with E-state index in [-0.39, 0.29) is 11.3 Å². The number of rotatable bonds is 3. The van der Waals surface area contributed by atoms with Crippen molar-refractivity contribution in [2.24, 2.45) is 5.73 Å². The maximum absolute atomic E-state index is 12.3. The summed E-state index contributed by atoms with van der Waals surface area (Å²) in [7, 11) is 0. The minimum atomic E-state index is -0.610. The summed E-state index contributed by atoms with van der Waals surface area (Å²) in [6.07, 6.45) is 3.19. The minimum absolute atomic E-state index is 0.263. The minimum Gasteiger partial charge on any atom is -0.366 e. The molecule has 5 rings (SSSR count). The predicted octanol–water partition coefficient (Wildman–Crippen LogP) is 5.22. The highest BCUT2D eigenvalue weighted by Gasteiger charge is 2.20. The van der Waals surface area contributed by atoms with E-state index >= 15 is 0 Å². The van der Waals surface area contributed by atoms with E-state index in [9.17, 15) is 10.1 Å². The average molecular weight is 473 g/mol. The topological polar surface area (TPSA) is 110 Å². The highest BCUT2D eigenvalue weighted by atomic mass is 35.5. The zero-order valence-electron chi connectivity index (χ0n) is 17.2. The van der Waals surface area contributed by atoms with Gasteiger partial charge in [-0.05, 0) is 60.5 Å². The van der Waals surface area contributed by atoms with E-state index in [0.29, 0.717) is 49.1 Å². The van der Waals surface area contributed by atoms with Crippen LogP contribution in [0.15, 0.2) is 54.9 Å². The first-order valence-electron chi connectivity index (χ1n) is 9.81. The highest BCUT2D eigenvalue weighted by molar-refractivity contribution is 6.40. The Bertz CT molecular complexity index is 1650. The largest absolute Gasteiger partial charge is 0.366 e. The average Bonchev–Trinajstić information content (AvgIpc) is 3.15. The van der Waals surface area contributed by atoms with Crippen LogP contribution in [-0.4, -0.2) is 25.4 Å². The third kappa shape index (κ3) is 3.37. The second-order valence-electron chi connectivity index (χ2n) is 7.37. The van der Waals surface area contributed by atoms with E-state index in [0.717, 1.165) is 5.56 Å². The SMILES string of the molecule is Cc1nc2c(C(N)=O)cc(-c3ccnc(C#N)c3)cc2n1-c1ccnc2c(Cl)ccc(Cl)c12. The Balaban J connectivity index is 1.89. The van der Waals surface area contributed by atoms with Gasteiger partial charge in [0.05, 0.1) is 32.3 Å². The smallest absolute Gasteiger partial charge is 0.250 e. The number of imidazole rings is 1. The predicted molar refractivity (Wildman–Crippen MR) is 128 cm³/mol. The molecule has 33 heavy (non-hydrogen) atoms. The van der Waals surface area contributed by atoms with Crippen molar-refractivity contribution in [2.75, 3.05) is 0 Å². The molecule has 0 saturated carbocycles. The normalized spacial score (nSPS) is 11.1. The molecule has 0 fully saturated rings. The molecular weight excluding hydrogens is 459 g/mol. The standard InChI is InChI=1S/C24H14Cl2N6O/c1-12-31-22-16(24(28)33)9-14(13-4-6-29-15(8-13)11-27)10-20(22)32(12)19-5-7-30-23-18(26)3-2-17(25)21(19)23/h2-10H,1H3,(H2,28,33). The molecule has 0 bridgehead atoms. The molecule has 0 unspecified atom stereocenters. The fourth-order valence-electron chi connectivity index (χ4n) is 3.99. The van der Waals surface area contributed by atoms with E-state index in [4.69, 9.17) is 28.9 Å². The third-order valence-corrected chi connectivity index (χ3v) is 6.03. The van der Waals surface area contributed by atoms with Crippen molar-refractivity contribution in [1.29, 1.82) is 5.26 Å². The molecule has 0 spiro atoms.